The number of hydrogen-bond acceptors (Lipinski definition) is 0. The molecule has 2 aromatic carbocycles. The van der Waals surface area contributed by atoms with E-state index in [-0.39, 0.29) is 0 Å². The van der Waals surface area contributed by atoms with Gasteiger partial charge in [0.25, 0.3) is 0 Å². The molecule has 0 heterocycles. The summed E-state index contributed by atoms with van der Waals surface area (Å²) in [5.74, 6) is 0. The number of hydrogen-bond donors (Lipinski definition) is 0. The fraction of sp³-hybridized carbons (Fsp3) is 0.333. The van der Waals surface area contributed by atoms with Crippen molar-refractivity contribution in [2.24, 2.45) is 0 Å². The average Bonchev–Trinajstić information content (AvgIpc) is 2.64. The minimum Gasteiger partial charge on any atom is -0.0654 e. The molecule has 2 aromatic rings. The summed E-state index contributed by atoms with van der Waals surface area (Å²) >= 11 is 0. The molecule has 2 rings (SSSR count). The monoisotopic (exact) mass is 318 g/mol. The number of benzene rings is 2. The number of allylic oxidation sites excluding steroid dienone is 2. The van der Waals surface area contributed by atoms with Crippen molar-refractivity contribution in [3.05, 3.63) is 82.9 Å². The zero-order valence-electron chi connectivity index (χ0n) is 15.2. The van der Waals surface area contributed by atoms with Crippen molar-refractivity contribution in [2.75, 3.05) is 0 Å². The fourth-order valence-corrected chi connectivity index (χ4v) is 2.89. The van der Waals surface area contributed by atoms with Crippen LogP contribution in [0.1, 0.15) is 63.5 Å². The lowest BCUT2D eigenvalue weighted by Gasteiger charge is -2.13. The van der Waals surface area contributed by atoms with Crippen LogP contribution in [0.3, 0.4) is 0 Å². The van der Waals surface area contributed by atoms with E-state index < -0.39 is 0 Å². The van der Waals surface area contributed by atoms with Gasteiger partial charge in [0.15, 0.2) is 0 Å². The molecule has 0 radical (unpaired) electrons. The quantitative estimate of drug-likeness (QED) is 0.419. The predicted molar refractivity (Wildman–Crippen MR) is 108 cm³/mol. The third-order valence-corrected chi connectivity index (χ3v) is 4.29. The van der Waals surface area contributed by atoms with E-state index in [2.05, 4.69) is 86.7 Å². The van der Waals surface area contributed by atoms with Crippen LogP contribution >= 0.6 is 0 Å². The van der Waals surface area contributed by atoms with Gasteiger partial charge in [0.05, 0.1) is 0 Å². The molecule has 126 valence electrons. The van der Waals surface area contributed by atoms with E-state index in [9.17, 15) is 0 Å². The van der Waals surface area contributed by atoms with Gasteiger partial charge in [0.1, 0.15) is 0 Å². The second kappa shape index (κ2) is 10.6. The first-order chi connectivity index (χ1) is 11.8. The van der Waals surface area contributed by atoms with Crippen molar-refractivity contribution < 1.29 is 0 Å². The summed E-state index contributed by atoms with van der Waals surface area (Å²) in [5.41, 5.74) is 5.61. The van der Waals surface area contributed by atoms with E-state index in [0.717, 1.165) is 12.8 Å². The highest BCUT2D eigenvalue weighted by atomic mass is 14.1. The van der Waals surface area contributed by atoms with Gasteiger partial charge < -0.3 is 0 Å². The standard InChI is InChI=1S/C24H30/c1-3-5-17-23(19-21-13-9-7-10-14-21)24(18-6-4-2)20-22-15-11-8-12-16-22/h7-16,19-20H,3-6,17-18H2,1-2H3/b23-19+,24-20+. The maximum atomic E-state index is 2.39. The smallest absolute Gasteiger partial charge is 0.0254 e. The van der Waals surface area contributed by atoms with Crippen molar-refractivity contribution in [1.82, 2.24) is 0 Å². The van der Waals surface area contributed by atoms with E-state index in [0.29, 0.717) is 0 Å². The Morgan fingerprint density at radius 3 is 1.33 bits per heavy atom. The predicted octanol–water partition coefficient (Wildman–Crippen LogP) is 7.53. The van der Waals surface area contributed by atoms with Crippen LogP contribution in [0.25, 0.3) is 12.2 Å². The Balaban J connectivity index is 2.36. The molecule has 0 unspecified atom stereocenters. The van der Waals surface area contributed by atoms with E-state index in [1.165, 1.54) is 48.0 Å². The van der Waals surface area contributed by atoms with Crippen LogP contribution in [0.5, 0.6) is 0 Å². The fourth-order valence-electron chi connectivity index (χ4n) is 2.89. The van der Waals surface area contributed by atoms with E-state index in [1.807, 2.05) is 0 Å². The molecule has 0 spiro atoms. The first-order valence-corrected chi connectivity index (χ1v) is 9.35. The number of rotatable bonds is 9. The molecular formula is C24H30. The summed E-state index contributed by atoms with van der Waals surface area (Å²) in [5, 5.41) is 0. The van der Waals surface area contributed by atoms with E-state index in [1.54, 1.807) is 0 Å². The van der Waals surface area contributed by atoms with Gasteiger partial charge in [-0.05, 0) is 48.0 Å². The Morgan fingerprint density at radius 1 is 0.625 bits per heavy atom. The molecule has 0 fully saturated rings. The van der Waals surface area contributed by atoms with Crippen LogP contribution in [0, 0.1) is 0 Å². The average molecular weight is 319 g/mol. The molecule has 0 aliphatic carbocycles. The summed E-state index contributed by atoms with van der Waals surface area (Å²) in [6.07, 6.45) is 12.1. The molecule has 0 aliphatic heterocycles. The Kier molecular flexibility index (Phi) is 8.10. The molecule has 0 aliphatic rings. The molecule has 24 heavy (non-hydrogen) atoms. The zero-order chi connectivity index (χ0) is 17.0. The van der Waals surface area contributed by atoms with Crippen molar-refractivity contribution >= 4 is 12.2 Å². The molecule has 0 saturated carbocycles. The lowest BCUT2D eigenvalue weighted by molar-refractivity contribution is 0.758. The second-order valence-corrected chi connectivity index (χ2v) is 6.37. The van der Waals surface area contributed by atoms with Crippen LogP contribution in [0.2, 0.25) is 0 Å². The van der Waals surface area contributed by atoms with Crippen LogP contribution < -0.4 is 0 Å². The Bertz CT molecular complexity index is 573. The topological polar surface area (TPSA) is 0 Å². The van der Waals surface area contributed by atoms with Crippen molar-refractivity contribution in [3.63, 3.8) is 0 Å². The lowest BCUT2D eigenvalue weighted by atomic mass is 9.92. The minimum absolute atomic E-state index is 1.16. The van der Waals surface area contributed by atoms with Crippen molar-refractivity contribution in [2.45, 2.75) is 52.4 Å². The van der Waals surface area contributed by atoms with Gasteiger partial charge in [-0.3, -0.25) is 0 Å². The van der Waals surface area contributed by atoms with E-state index in [4.69, 9.17) is 0 Å². The lowest BCUT2D eigenvalue weighted by Crippen LogP contribution is -1.93. The van der Waals surface area contributed by atoms with Crippen LogP contribution in [-0.2, 0) is 0 Å². The van der Waals surface area contributed by atoms with Crippen LogP contribution in [0.4, 0.5) is 0 Å². The minimum atomic E-state index is 1.16. The summed E-state index contributed by atoms with van der Waals surface area (Å²) in [4.78, 5) is 0. The molecule has 0 nitrogen and oxygen atoms in total. The van der Waals surface area contributed by atoms with Crippen LogP contribution in [0.15, 0.2) is 71.8 Å². The van der Waals surface area contributed by atoms with Gasteiger partial charge in [0.2, 0.25) is 0 Å². The zero-order valence-corrected chi connectivity index (χ0v) is 15.2. The van der Waals surface area contributed by atoms with Crippen molar-refractivity contribution in [1.29, 1.82) is 0 Å². The highest BCUT2D eigenvalue weighted by molar-refractivity contribution is 5.66. The molecular weight excluding hydrogens is 288 g/mol. The van der Waals surface area contributed by atoms with E-state index >= 15 is 0 Å². The molecule has 0 amide bonds. The SMILES string of the molecule is CCCCC(=C\c1ccccc1)/C(=C/c1ccccc1)CCCC. The molecule has 0 N–H and O–H groups in total. The maximum absolute atomic E-state index is 2.39. The maximum Gasteiger partial charge on any atom is -0.0254 e. The molecule has 0 saturated heterocycles. The largest absolute Gasteiger partial charge is 0.0654 e. The Labute approximate surface area is 147 Å². The number of unbranched alkanes of at least 4 members (excludes halogenated alkanes) is 2. The van der Waals surface area contributed by atoms with Crippen LogP contribution in [-0.4, -0.2) is 0 Å². The molecule has 0 heteroatoms. The second-order valence-electron chi connectivity index (χ2n) is 6.37. The van der Waals surface area contributed by atoms with Crippen molar-refractivity contribution in [3.8, 4) is 0 Å². The highest BCUT2D eigenvalue weighted by Crippen LogP contribution is 2.27. The first-order valence-electron chi connectivity index (χ1n) is 9.35. The van der Waals surface area contributed by atoms with Gasteiger partial charge in [-0.15, -0.1) is 0 Å². The molecule has 0 atom stereocenters. The normalized spacial score (nSPS) is 12.4. The van der Waals surface area contributed by atoms with Gasteiger partial charge in [-0.25, -0.2) is 0 Å². The van der Waals surface area contributed by atoms with Gasteiger partial charge in [0, 0.05) is 0 Å². The Morgan fingerprint density at radius 2 is 1.00 bits per heavy atom. The highest BCUT2D eigenvalue weighted by Gasteiger charge is 2.06. The Hall–Kier alpha value is -2.08. The van der Waals surface area contributed by atoms with Gasteiger partial charge >= 0.3 is 0 Å². The third kappa shape index (κ3) is 6.20. The summed E-state index contributed by atoms with van der Waals surface area (Å²) in [7, 11) is 0. The third-order valence-electron chi connectivity index (χ3n) is 4.29. The van der Waals surface area contributed by atoms with Gasteiger partial charge in [-0.2, -0.15) is 0 Å². The summed E-state index contributed by atoms with van der Waals surface area (Å²) < 4.78 is 0. The molecule has 0 bridgehead atoms. The molecule has 0 aromatic heterocycles. The first kappa shape index (κ1) is 18.3. The summed E-state index contributed by atoms with van der Waals surface area (Å²) in [6.45, 7) is 4.54. The van der Waals surface area contributed by atoms with Gasteiger partial charge in [-0.1, -0.05) is 99.5 Å². The summed E-state index contributed by atoms with van der Waals surface area (Å²) in [6, 6.07) is 21.5.